The topological polar surface area (TPSA) is 69.6 Å². The fourth-order valence-electron chi connectivity index (χ4n) is 1.24. The normalized spacial score (nSPS) is 16.2. The lowest BCUT2D eigenvalue weighted by molar-refractivity contribution is -0.148. The van der Waals surface area contributed by atoms with E-state index in [1.54, 1.807) is 25.8 Å². The molecule has 0 atom stereocenters. The molecule has 0 aromatic rings. The highest BCUT2D eigenvalue weighted by Crippen LogP contribution is 2.19. The van der Waals surface area contributed by atoms with Gasteiger partial charge in [-0.3, -0.25) is 14.5 Å². The van der Waals surface area contributed by atoms with Crippen LogP contribution in [0.5, 0.6) is 0 Å². The second-order valence-corrected chi connectivity index (χ2v) is 4.88. The van der Waals surface area contributed by atoms with Gasteiger partial charge in [-0.1, -0.05) is 0 Å². The van der Waals surface area contributed by atoms with Crippen molar-refractivity contribution in [2.45, 2.75) is 44.7 Å². The minimum absolute atomic E-state index is 0.00976. The summed E-state index contributed by atoms with van der Waals surface area (Å²) >= 11 is 0. The Morgan fingerprint density at radius 2 is 2.00 bits per heavy atom. The summed E-state index contributed by atoms with van der Waals surface area (Å²) in [5, 5.41) is 11.9. The molecule has 5 nitrogen and oxygen atoms in total. The molecule has 0 aliphatic heterocycles. The molecule has 0 heterocycles. The highest BCUT2D eigenvalue weighted by atomic mass is 16.4. The molecule has 0 unspecified atom stereocenters. The molecule has 0 aromatic heterocycles. The van der Waals surface area contributed by atoms with E-state index in [1.807, 2.05) is 0 Å². The maximum atomic E-state index is 11.4. The third-order valence-corrected chi connectivity index (χ3v) is 3.09. The van der Waals surface area contributed by atoms with Crippen molar-refractivity contribution < 1.29 is 14.7 Å². The van der Waals surface area contributed by atoms with Crippen molar-refractivity contribution in [2.75, 3.05) is 13.6 Å². The van der Waals surface area contributed by atoms with E-state index < -0.39 is 11.5 Å². The second kappa shape index (κ2) is 4.82. The number of carboxylic acids is 1. The predicted octanol–water partition coefficient (Wildman–Crippen LogP) is 0.450. The third kappa shape index (κ3) is 3.48. The fraction of sp³-hybridized carbons (Fsp3) is 0.818. The molecule has 0 saturated heterocycles. The van der Waals surface area contributed by atoms with Crippen LogP contribution in [0.2, 0.25) is 0 Å². The van der Waals surface area contributed by atoms with E-state index in [4.69, 9.17) is 5.11 Å². The van der Waals surface area contributed by atoms with Gasteiger partial charge in [-0.15, -0.1) is 0 Å². The molecule has 0 bridgehead atoms. The van der Waals surface area contributed by atoms with Crippen LogP contribution >= 0.6 is 0 Å². The van der Waals surface area contributed by atoms with Gasteiger partial charge < -0.3 is 10.4 Å². The fourth-order valence-corrected chi connectivity index (χ4v) is 1.24. The van der Waals surface area contributed by atoms with Crippen molar-refractivity contribution in [3.8, 4) is 0 Å². The van der Waals surface area contributed by atoms with Gasteiger partial charge in [-0.2, -0.15) is 0 Å². The largest absolute Gasteiger partial charge is 0.480 e. The van der Waals surface area contributed by atoms with E-state index in [9.17, 15) is 9.59 Å². The van der Waals surface area contributed by atoms with Crippen molar-refractivity contribution in [1.29, 1.82) is 0 Å². The molecule has 1 aliphatic rings. The Morgan fingerprint density at radius 3 is 2.44 bits per heavy atom. The van der Waals surface area contributed by atoms with Crippen LogP contribution in [0.3, 0.4) is 0 Å². The lowest BCUT2D eigenvalue weighted by Gasteiger charge is -2.31. The maximum absolute atomic E-state index is 11.4. The van der Waals surface area contributed by atoms with E-state index in [2.05, 4.69) is 5.32 Å². The molecule has 16 heavy (non-hydrogen) atoms. The number of likely N-dealkylation sites (N-methyl/N-ethyl adjacent to an activating group) is 1. The molecule has 1 amide bonds. The SMILES string of the molecule is CN(CCC(=O)NC1CC1)C(C)(C)C(=O)O. The van der Waals surface area contributed by atoms with Gasteiger partial charge in [-0.25, -0.2) is 0 Å². The molecule has 0 aromatic carbocycles. The summed E-state index contributed by atoms with van der Waals surface area (Å²) in [5.74, 6) is -0.867. The number of carbonyl (C=O) groups excluding carboxylic acids is 1. The number of carboxylic acid groups (broad SMARTS) is 1. The Balaban J connectivity index is 2.30. The van der Waals surface area contributed by atoms with E-state index in [0.29, 0.717) is 19.0 Å². The van der Waals surface area contributed by atoms with Crippen molar-refractivity contribution in [2.24, 2.45) is 0 Å². The Morgan fingerprint density at radius 1 is 1.44 bits per heavy atom. The van der Waals surface area contributed by atoms with Gasteiger partial charge in [0.25, 0.3) is 0 Å². The summed E-state index contributed by atoms with van der Waals surface area (Å²) in [7, 11) is 1.72. The molecule has 0 radical (unpaired) electrons. The highest BCUT2D eigenvalue weighted by Gasteiger charge is 2.32. The van der Waals surface area contributed by atoms with Crippen LogP contribution in [0.1, 0.15) is 33.1 Å². The van der Waals surface area contributed by atoms with Gasteiger partial charge >= 0.3 is 5.97 Å². The van der Waals surface area contributed by atoms with Crippen molar-refractivity contribution in [3.63, 3.8) is 0 Å². The molecule has 92 valence electrons. The van der Waals surface area contributed by atoms with Crippen LogP contribution in [-0.4, -0.2) is 47.1 Å². The van der Waals surface area contributed by atoms with Crippen LogP contribution in [0.25, 0.3) is 0 Å². The molecule has 1 fully saturated rings. The number of amides is 1. The van der Waals surface area contributed by atoms with Crippen LogP contribution < -0.4 is 5.32 Å². The minimum atomic E-state index is -0.931. The summed E-state index contributed by atoms with van der Waals surface area (Å²) in [5.41, 5.74) is -0.931. The van der Waals surface area contributed by atoms with Gasteiger partial charge in [0.2, 0.25) is 5.91 Å². The van der Waals surface area contributed by atoms with Crippen molar-refractivity contribution in [1.82, 2.24) is 10.2 Å². The Bertz CT molecular complexity index is 285. The molecule has 5 heteroatoms. The van der Waals surface area contributed by atoms with Crippen LogP contribution in [0, 0.1) is 0 Å². The number of hydrogen-bond donors (Lipinski definition) is 2. The standard InChI is InChI=1S/C11H20N2O3/c1-11(2,10(15)16)13(3)7-6-9(14)12-8-4-5-8/h8H,4-7H2,1-3H3,(H,12,14)(H,15,16). The average Bonchev–Trinajstić information content (AvgIpc) is 2.97. The van der Waals surface area contributed by atoms with Crippen molar-refractivity contribution in [3.05, 3.63) is 0 Å². The molecular weight excluding hydrogens is 208 g/mol. The molecule has 0 spiro atoms. The van der Waals surface area contributed by atoms with Gasteiger partial charge in [-0.05, 0) is 33.7 Å². The first-order valence-corrected chi connectivity index (χ1v) is 5.58. The lowest BCUT2D eigenvalue weighted by atomic mass is 10.0. The summed E-state index contributed by atoms with van der Waals surface area (Å²) in [6.45, 7) is 3.72. The zero-order chi connectivity index (χ0) is 12.3. The zero-order valence-corrected chi connectivity index (χ0v) is 10.1. The lowest BCUT2D eigenvalue weighted by Crippen LogP contribution is -2.49. The molecule has 2 N–H and O–H groups in total. The first-order chi connectivity index (χ1) is 7.34. The highest BCUT2D eigenvalue weighted by molar-refractivity contribution is 5.78. The summed E-state index contributed by atoms with van der Waals surface area (Å²) in [4.78, 5) is 24.0. The maximum Gasteiger partial charge on any atom is 0.323 e. The number of aliphatic carboxylic acids is 1. The number of carbonyl (C=O) groups is 2. The average molecular weight is 228 g/mol. The Kier molecular flexibility index (Phi) is 3.91. The smallest absolute Gasteiger partial charge is 0.323 e. The van der Waals surface area contributed by atoms with E-state index in [0.717, 1.165) is 12.8 Å². The summed E-state index contributed by atoms with van der Waals surface area (Å²) in [6.07, 6.45) is 2.49. The first kappa shape index (κ1) is 13.0. The van der Waals surface area contributed by atoms with E-state index in [-0.39, 0.29) is 5.91 Å². The van der Waals surface area contributed by atoms with E-state index >= 15 is 0 Å². The number of rotatable bonds is 6. The van der Waals surface area contributed by atoms with E-state index in [1.165, 1.54) is 0 Å². The second-order valence-electron chi connectivity index (χ2n) is 4.88. The van der Waals surface area contributed by atoms with Crippen LogP contribution in [0.4, 0.5) is 0 Å². The predicted molar refractivity (Wildman–Crippen MR) is 60.1 cm³/mol. The van der Waals surface area contributed by atoms with Crippen LogP contribution in [-0.2, 0) is 9.59 Å². The number of nitrogens with one attached hydrogen (secondary N) is 1. The van der Waals surface area contributed by atoms with Gasteiger partial charge in [0.05, 0.1) is 0 Å². The summed E-state index contributed by atoms with van der Waals surface area (Å²) in [6, 6.07) is 0.366. The van der Waals surface area contributed by atoms with Crippen LogP contribution in [0.15, 0.2) is 0 Å². The number of nitrogens with zero attached hydrogens (tertiary/aromatic N) is 1. The zero-order valence-electron chi connectivity index (χ0n) is 10.1. The third-order valence-electron chi connectivity index (χ3n) is 3.09. The Hall–Kier alpha value is -1.10. The molecular formula is C11H20N2O3. The van der Waals surface area contributed by atoms with Gasteiger partial charge in [0, 0.05) is 19.0 Å². The minimum Gasteiger partial charge on any atom is -0.480 e. The number of hydrogen-bond acceptors (Lipinski definition) is 3. The summed E-state index contributed by atoms with van der Waals surface area (Å²) < 4.78 is 0. The molecule has 1 rings (SSSR count). The van der Waals surface area contributed by atoms with Gasteiger partial charge in [0.1, 0.15) is 5.54 Å². The molecule has 1 aliphatic carbocycles. The van der Waals surface area contributed by atoms with Crippen molar-refractivity contribution >= 4 is 11.9 Å². The quantitative estimate of drug-likeness (QED) is 0.692. The Labute approximate surface area is 95.8 Å². The monoisotopic (exact) mass is 228 g/mol. The van der Waals surface area contributed by atoms with Gasteiger partial charge in [0.15, 0.2) is 0 Å². The molecule has 1 saturated carbocycles. The first-order valence-electron chi connectivity index (χ1n) is 5.58.